The van der Waals surface area contributed by atoms with Crippen LogP contribution in [-0.4, -0.2) is 12.1 Å². The Balaban J connectivity index is 2.16. The van der Waals surface area contributed by atoms with Gasteiger partial charge >= 0.3 is 0 Å². The lowest BCUT2D eigenvalue weighted by molar-refractivity contribution is 0.415. The van der Waals surface area contributed by atoms with Crippen LogP contribution in [0.2, 0.25) is 0 Å². The number of ether oxygens (including phenoxy) is 1. The summed E-state index contributed by atoms with van der Waals surface area (Å²) in [6.07, 6.45) is 0. The van der Waals surface area contributed by atoms with Gasteiger partial charge in [0.05, 0.1) is 12.8 Å². The molecule has 0 unspecified atom stereocenters. The van der Waals surface area contributed by atoms with E-state index < -0.39 is 0 Å². The average molecular weight is 255 g/mol. The fraction of sp³-hybridized carbons (Fsp3) is 0.125. The summed E-state index contributed by atoms with van der Waals surface area (Å²) in [6, 6.07) is 13.1. The summed E-state index contributed by atoms with van der Waals surface area (Å²) in [4.78, 5) is 3.13. The number of halogens is 1. The van der Waals surface area contributed by atoms with E-state index in [0.717, 1.165) is 22.4 Å². The molecule has 0 atom stereocenters. The number of hydrogen-bond acceptors (Lipinski definition) is 1. The number of fused-ring (bicyclic) bond motifs is 1. The first-order chi connectivity index (χ1) is 9.19. The van der Waals surface area contributed by atoms with Gasteiger partial charge in [-0.3, -0.25) is 0 Å². The molecular formula is C16H14FNO. The molecule has 0 amide bonds. The third-order valence-electron chi connectivity index (χ3n) is 3.27. The fourth-order valence-corrected chi connectivity index (χ4v) is 2.23. The zero-order valence-electron chi connectivity index (χ0n) is 10.8. The van der Waals surface area contributed by atoms with Crippen LogP contribution >= 0.6 is 0 Å². The number of methoxy groups -OCH3 is 1. The number of benzene rings is 2. The van der Waals surface area contributed by atoms with Crippen LogP contribution in [-0.2, 0) is 0 Å². The quantitative estimate of drug-likeness (QED) is 0.726. The highest BCUT2D eigenvalue weighted by molar-refractivity contribution is 5.87. The van der Waals surface area contributed by atoms with Crippen LogP contribution in [0.1, 0.15) is 5.56 Å². The lowest BCUT2D eigenvalue weighted by Crippen LogP contribution is -1.84. The molecule has 0 spiro atoms. The van der Waals surface area contributed by atoms with Gasteiger partial charge in [0, 0.05) is 16.5 Å². The second-order valence-electron chi connectivity index (χ2n) is 4.59. The Morgan fingerprint density at radius 3 is 2.47 bits per heavy atom. The molecule has 3 aromatic rings. The van der Waals surface area contributed by atoms with Crippen molar-refractivity contribution in [2.24, 2.45) is 0 Å². The molecule has 1 aromatic heterocycles. The van der Waals surface area contributed by atoms with Crippen molar-refractivity contribution in [1.29, 1.82) is 0 Å². The minimum absolute atomic E-state index is 0.205. The second kappa shape index (κ2) is 4.43. The number of rotatable bonds is 2. The van der Waals surface area contributed by atoms with Crippen molar-refractivity contribution in [2.45, 2.75) is 6.92 Å². The molecule has 0 saturated carbocycles. The first-order valence-electron chi connectivity index (χ1n) is 6.11. The third kappa shape index (κ3) is 1.97. The molecule has 0 aliphatic heterocycles. The van der Waals surface area contributed by atoms with Crippen molar-refractivity contribution < 1.29 is 9.13 Å². The maximum absolute atomic E-state index is 14.4. The Morgan fingerprint density at radius 1 is 1.05 bits per heavy atom. The van der Waals surface area contributed by atoms with Gasteiger partial charge in [0.15, 0.2) is 5.82 Å². The monoisotopic (exact) mass is 255 g/mol. The SMILES string of the molecule is COc1ccc(-c2[nH]c3ccc(C)cc3c2F)cc1. The molecule has 19 heavy (non-hydrogen) atoms. The highest BCUT2D eigenvalue weighted by atomic mass is 19.1. The summed E-state index contributed by atoms with van der Waals surface area (Å²) in [5.41, 5.74) is 3.19. The predicted molar refractivity (Wildman–Crippen MR) is 75.0 cm³/mol. The van der Waals surface area contributed by atoms with Gasteiger partial charge in [-0.2, -0.15) is 0 Å². The summed E-state index contributed by atoms with van der Waals surface area (Å²) >= 11 is 0. The van der Waals surface area contributed by atoms with Gasteiger partial charge in [-0.15, -0.1) is 0 Å². The van der Waals surface area contributed by atoms with E-state index in [2.05, 4.69) is 4.98 Å². The number of hydrogen-bond donors (Lipinski definition) is 1. The van der Waals surface area contributed by atoms with Crippen molar-refractivity contribution in [1.82, 2.24) is 4.98 Å². The third-order valence-corrected chi connectivity index (χ3v) is 3.27. The van der Waals surface area contributed by atoms with E-state index in [1.807, 2.05) is 49.4 Å². The molecule has 3 heteroatoms. The summed E-state index contributed by atoms with van der Waals surface area (Å²) in [5.74, 6) is 0.556. The zero-order valence-corrected chi connectivity index (χ0v) is 10.8. The average Bonchev–Trinajstić information content (AvgIpc) is 2.76. The smallest absolute Gasteiger partial charge is 0.156 e. The van der Waals surface area contributed by atoms with Crippen molar-refractivity contribution in [3.05, 3.63) is 53.8 Å². The van der Waals surface area contributed by atoms with Crippen LogP contribution in [0.15, 0.2) is 42.5 Å². The number of nitrogens with one attached hydrogen (secondary N) is 1. The van der Waals surface area contributed by atoms with Crippen molar-refractivity contribution in [3.63, 3.8) is 0 Å². The lowest BCUT2D eigenvalue weighted by atomic mass is 10.1. The Hall–Kier alpha value is -2.29. The van der Waals surface area contributed by atoms with Gasteiger partial charge < -0.3 is 9.72 Å². The Morgan fingerprint density at radius 2 is 1.79 bits per heavy atom. The zero-order chi connectivity index (χ0) is 13.4. The maximum atomic E-state index is 14.4. The molecule has 0 bridgehead atoms. The van der Waals surface area contributed by atoms with Gasteiger partial charge in [-0.25, -0.2) is 4.39 Å². The van der Waals surface area contributed by atoms with Gasteiger partial charge in [-0.05, 0) is 43.3 Å². The standard InChI is InChI=1S/C16H14FNO/c1-10-3-8-14-13(9-10)15(17)16(18-14)11-4-6-12(19-2)7-5-11/h3-9,18H,1-2H3. The van der Waals surface area contributed by atoms with Gasteiger partial charge in [0.2, 0.25) is 0 Å². The molecule has 0 aliphatic rings. The predicted octanol–water partition coefficient (Wildman–Crippen LogP) is 4.29. The molecule has 1 heterocycles. The van der Waals surface area contributed by atoms with Gasteiger partial charge in [0.1, 0.15) is 5.75 Å². The first kappa shape index (κ1) is 11.8. The maximum Gasteiger partial charge on any atom is 0.156 e. The Kier molecular flexibility index (Phi) is 2.75. The molecule has 1 N–H and O–H groups in total. The molecule has 96 valence electrons. The molecule has 2 aromatic carbocycles. The molecule has 0 saturated heterocycles. The Bertz CT molecular complexity index is 728. The van der Waals surface area contributed by atoms with Crippen LogP contribution in [0.5, 0.6) is 5.75 Å². The lowest BCUT2D eigenvalue weighted by Gasteiger charge is -2.01. The summed E-state index contributed by atoms with van der Waals surface area (Å²) in [5, 5.41) is 0.630. The fourth-order valence-electron chi connectivity index (χ4n) is 2.23. The van der Waals surface area contributed by atoms with Gasteiger partial charge in [0.25, 0.3) is 0 Å². The van der Waals surface area contributed by atoms with Crippen molar-refractivity contribution >= 4 is 10.9 Å². The molecule has 3 rings (SSSR count). The largest absolute Gasteiger partial charge is 0.497 e. The molecule has 0 radical (unpaired) electrons. The van der Waals surface area contributed by atoms with E-state index in [4.69, 9.17) is 4.74 Å². The van der Waals surface area contributed by atoms with E-state index in [1.54, 1.807) is 7.11 Å². The van der Waals surface area contributed by atoms with Gasteiger partial charge in [-0.1, -0.05) is 11.6 Å². The molecule has 0 aliphatic carbocycles. The summed E-state index contributed by atoms with van der Waals surface area (Å²) < 4.78 is 19.5. The molecular weight excluding hydrogens is 241 g/mol. The number of H-pyrrole nitrogens is 1. The highest BCUT2D eigenvalue weighted by Crippen LogP contribution is 2.30. The minimum Gasteiger partial charge on any atom is -0.497 e. The normalized spacial score (nSPS) is 10.9. The topological polar surface area (TPSA) is 25.0 Å². The molecule has 0 fully saturated rings. The van der Waals surface area contributed by atoms with E-state index >= 15 is 0 Å². The van der Waals surface area contributed by atoms with E-state index in [9.17, 15) is 4.39 Å². The van der Waals surface area contributed by atoms with Crippen LogP contribution in [0.25, 0.3) is 22.2 Å². The Labute approximate surface area is 110 Å². The van der Waals surface area contributed by atoms with Crippen molar-refractivity contribution in [3.8, 4) is 17.0 Å². The first-order valence-corrected chi connectivity index (χ1v) is 6.11. The van der Waals surface area contributed by atoms with Crippen LogP contribution in [0.3, 0.4) is 0 Å². The molecule has 2 nitrogen and oxygen atoms in total. The minimum atomic E-state index is -0.205. The number of aromatic amines is 1. The number of aromatic nitrogens is 1. The second-order valence-corrected chi connectivity index (χ2v) is 4.59. The summed E-state index contributed by atoms with van der Waals surface area (Å²) in [6.45, 7) is 1.96. The van der Waals surface area contributed by atoms with Crippen LogP contribution in [0, 0.1) is 12.7 Å². The number of aryl methyl sites for hydroxylation is 1. The van der Waals surface area contributed by atoms with Crippen LogP contribution < -0.4 is 4.74 Å². The van der Waals surface area contributed by atoms with Crippen LogP contribution in [0.4, 0.5) is 4.39 Å². The van der Waals surface area contributed by atoms with E-state index in [1.165, 1.54) is 0 Å². The summed E-state index contributed by atoms with van der Waals surface area (Å²) in [7, 11) is 1.61. The highest BCUT2D eigenvalue weighted by Gasteiger charge is 2.12. The van der Waals surface area contributed by atoms with Crippen molar-refractivity contribution in [2.75, 3.05) is 7.11 Å². The van der Waals surface area contributed by atoms with E-state index in [0.29, 0.717) is 11.1 Å². The van der Waals surface area contributed by atoms with E-state index in [-0.39, 0.29) is 5.82 Å².